The van der Waals surface area contributed by atoms with Crippen LogP contribution in [0.3, 0.4) is 0 Å². The number of unbranched alkanes of at least 4 members (excludes halogenated alkanes) is 24. The molecule has 0 aromatic rings. The first-order valence-electron chi connectivity index (χ1n) is 31.0. The van der Waals surface area contributed by atoms with Gasteiger partial charge in [-0.05, 0) is 116 Å². The second-order valence-corrected chi connectivity index (χ2v) is 20.2. The summed E-state index contributed by atoms with van der Waals surface area (Å²) < 4.78 is 16.8. The van der Waals surface area contributed by atoms with E-state index < -0.39 is 6.10 Å². The third-order valence-electron chi connectivity index (χ3n) is 13.0. The quantitative estimate of drug-likeness (QED) is 0.0261. The van der Waals surface area contributed by atoms with Gasteiger partial charge in [-0.1, -0.05) is 264 Å². The van der Waals surface area contributed by atoms with Crippen LogP contribution in [0.5, 0.6) is 0 Å². The Morgan fingerprint density at radius 2 is 0.520 bits per heavy atom. The zero-order chi connectivity index (χ0) is 54.3. The van der Waals surface area contributed by atoms with Gasteiger partial charge in [-0.25, -0.2) is 0 Å². The molecule has 75 heavy (non-hydrogen) atoms. The SMILES string of the molecule is CC/C=C\C/C=C\C/C=C\C/C=C\C/C=C\C/C=C\C/C=C\C/C=C\C/C=C\CCCCCCCCCC(=O)OCC(COC(=O)CCCCCCCC)OC(=O)CCCCCCC/C=C\CCCCCCCCC. The molecule has 0 spiro atoms. The lowest BCUT2D eigenvalue weighted by atomic mass is 10.1. The molecule has 0 aliphatic carbocycles. The van der Waals surface area contributed by atoms with Crippen LogP contribution in [-0.2, 0) is 28.6 Å². The van der Waals surface area contributed by atoms with E-state index in [9.17, 15) is 14.4 Å². The number of hydrogen-bond donors (Lipinski definition) is 0. The molecule has 1 atom stereocenters. The fourth-order valence-corrected chi connectivity index (χ4v) is 8.31. The van der Waals surface area contributed by atoms with E-state index in [0.717, 1.165) is 135 Å². The highest BCUT2D eigenvalue weighted by Gasteiger charge is 2.19. The van der Waals surface area contributed by atoms with Crippen molar-refractivity contribution in [2.45, 2.75) is 284 Å². The highest BCUT2D eigenvalue weighted by molar-refractivity contribution is 5.71. The molecule has 0 aliphatic heterocycles. The van der Waals surface area contributed by atoms with Crippen LogP contribution in [-0.4, -0.2) is 37.2 Å². The molecule has 6 nitrogen and oxygen atoms in total. The van der Waals surface area contributed by atoms with Crippen molar-refractivity contribution in [3.63, 3.8) is 0 Å². The number of carbonyl (C=O) groups is 3. The summed E-state index contributed by atoms with van der Waals surface area (Å²) in [5.74, 6) is -0.914. The number of allylic oxidation sites excluding steroid dienone is 20. The van der Waals surface area contributed by atoms with E-state index in [2.05, 4.69) is 142 Å². The number of esters is 3. The van der Waals surface area contributed by atoms with Gasteiger partial charge < -0.3 is 14.2 Å². The molecule has 0 rings (SSSR count). The maximum atomic E-state index is 12.8. The monoisotopic (exact) mass is 1040 g/mol. The molecule has 426 valence electrons. The summed E-state index contributed by atoms with van der Waals surface area (Å²) in [5.41, 5.74) is 0. The van der Waals surface area contributed by atoms with Crippen molar-refractivity contribution in [1.29, 1.82) is 0 Å². The Labute approximate surface area is 462 Å². The van der Waals surface area contributed by atoms with Gasteiger partial charge in [-0.2, -0.15) is 0 Å². The minimum absolute atomic E-state index is 0.0852. The summed E-state index contributed by atoms with van der Waals surface area (Å²) in [4.78, 5) is 37.9. The molecular formula is C69H114O6. The van der Waals surface area contributed by atoms with Crippen LogP contribution in [0, 0.1) is 0 Å². The van der Waals surface area contributed by atoms with E-state index in [1.54, 1.807) is 0 Å². The topological polar surface area (TPSA) is 78.9 Å². The maximum absolute atomic E-state index is 12.8. The van der Waals surface area contributed by atoms with Gasteiger partial charge in [0.15, 0.2) is 6.10 Å². The fraction of sp³-hybridized carbons (Fsp3) is 0.667. The molecule has 0 bridgehead atoms. The third-order valence-corrected chi connectivity index (χ3v) is 13.0. The lowest BCUT2D eigenvalue weighted by Crippen LogP contribution is -2.30. The molecule has 0 aromatic heterocycles. The van der Waals surface area contributed by atoms with Crippen LogP contribution in [0.2, 0.25) is 0 Å². The number of hydrogen-bond acceptors (Lipinski definition) is 6. The molecule has 0 heterocycles. The number of carbonyl (C=O) groups excluding carboxylic acids is 3. The summed E-state index contributed by atoms with van der Waals surface area (Å²) in [6, 6.07) is 0. The molecule has 0 aromatic carbocycles. The standard InChI is InChI=1S/C69H114O6/c1-4-7-10-13-16-18-20-22-24-26-27-28-29-30-31-32-33-34-35-36-37-38-39-40-41-42-43-44-46-47-49-51-53-56-59-62-68(71)74-65-66(64-73-67(70)61-58-55-15-12-9-6-3)75-69(72)63-60-57-54-52-50-48-45-25-23-21-19-17-14-11-8-5-2/h7,10,16,18,22,24-25,27-28,30-31,33-34,36-37,39-40,42-43,45,66H,4-6,8-9,11-15,17,19-21,23,26,29,32,35,38,41,44,46-65H2,1-3H3/b10-7-,18-16-,24-22-,28-27-,31-30-,34-33-,37-36-,40-39-,43-42-,45-25-. The van der Waals surface area contributed by atoms with Gasteiger partial charge in [0.25, 0.3) is 0 Å². The van der Waals surface area contributed by atoms with E-state index in [-0.39, 0.29) is 31.1 Å². The Kier molecular flexibility index (Phi) is 58.9. The minimum Gasteiger partial charge on any atom is -0.462 e. The van der Waals surface area contributed by atoms with Gasteiger partial charge in [-0.15, -0.1) is 0 Å². The zero-order valence-electron chi connectivity index (χ0n) is 48.8. The zero-order valence-corrected chi connectivity index (χ0v) is 48.8. The first kappa shape index (κ1) is 70.8. The highest BCUT2D eigenvalue weighted by atomic mass is 16.6. The normalized spacial score (nSPS) is 12.9. The largest absolute Gasteiger partial charge is 0.462 e. The number of rotatable bonds is 55. The smallest absolute Gasteiger partial charge is 0.306 e. The molecule has 0 radical (unpaired) electrons. The Bertz CT molecular complexity index is 1570. The molecule has 0 saturated heterocycles. The highest BCUT2D eigenvalue weighted by Crippen LogP contribution is 2.14. The molecule has 0 aliphatic rings. The van der Waals surface area contributed by atoms with Crippen LogP contribution in [0.15, 0.2) is 122 Å². The summed E-state index contributed by atoms with van der Waals surface area (Å²) in [5, 5.41) is 0. The van der Waals surface area contributed by atoms with Crippen LogP contribution in [0.1, 0.15) is 278 Å². The predicted octanol–water partition coefficient (Wildman–Crippen LogP) is 21.2. The molecule has 0 amide bonds. The van der Waals surface area contributed by atoms with Crippen molar-refractivity contribution in [3.8, 4) is 0 Å². The van der Waals surface area contributed by atoms with E-state index >= 15 is 0 Å². The van der Waals surface area contributed by atoms with Crippen molar-refractivity contribution in [2.24, 2.45) is 0 Å². The molecule has 0 fully saturated rings. The summed E-state index contributed by atoms with van der Waals surface area (Å²) in [6.45, 7) is 6.45. The Morgan fingerprint density at radius 3 is 0.827 bits per heavy atom. The van der Waals surface area contributed by atoms with Crippen molar-refractivity contribution in [1.82, 2.24) is 0 Å². The maximum Gasteiger partial charge on any atom is 0.306 e. The van der Waals surface area contributed by atoms with E-state index in [4.69, 9.17) is 14.2 Å². The molecule has 0 N–H and O–H groups in total. The molecule has 6 heteroatoms. The van der Waals surface area contributed by atoms with Crippen LogP contribution in [0.25, 0.3) is 0 Å². The third kappa shape index (κ3) is 60.6. The average Bonchev–Trinajstić information content (AvgIpc) is 3.41. The Morgan fingerprint density at radius 1 is 0.280 bits per heavy atom. The van der Waals surface area contributed by atoms with Gasteiger partial charge in [0, 0.05) is 19.3 Å². The van der Waals surface area contributed by atoms with Gasteiger partial charge in [0.1, 0.15) is 13.2 Å². The van der Waals surface area contributed by atoms with Gasteiger partial charge in [0.05, 0.1) is 0 Å². The molecule has 0 saturated carbocycles. The summed E-state index contributed by atoms with van der Waals surface area (Å²) >= 11 is 0. The number of ether oxygens (including phenoxy) is 3. The van der Waals surface area contributed by atoms with Crippen LogP contribution in [0.4, 0.5) is 0 Å². The van der Waals surface area contributed by atoms with Gasteiger partial charge >= 0.3 is 17.9 Å². The van der Waals surface area contributed by atoms with Gasteiger partial charge in [0.2, 0.25) is 0 Å². The molecule has 1 unspecified atom stereocenters. The average molecular weight is 1040 g/mol. The molecular weight excluding hydrogens is 925 g/mol. The first-order chi connectivity index (χ1) is 37.0. The van der Waals surface area contributed by atoms with Crippen molar-refractivity contribution in [2.75, 3.05) is 13.2 Å². The van der Waals surface area contributed by atoms with E-state index in [0.29, 0.717) is 19.3 Å². The van der Waals surface area contributed by atoms with E-state index in [1.165, 1.54) is 103 Å². The Balaban J connectivity index is 4.12. The second-order valence-electron chi connectivity index (χ2n) is 20.2. The Hall–Kier alpha value is -4.19. The predicted molar refractivity (Wildman–Crippen MR) is 325 cm³/mol. The summed E-state index contributed by atoms with van der Waals surface area (Å²) in [7, 11) is 0. The first-order valence-corrected chi connectivity index (χ1v) is 31.0. The van der Waals surface area contributed by atoms with Crippen molar-refractivity contribution < 1.29 is 28.6 Å². The van der Waals surface area contributed by atoms with Crippen molar-refractivity contribution in [3.05, 3.63) is 122 Å². The van der Waals surface area contributed by atoms with Crippen LogP contribution >= 0.6 is 0 Å². The lowest BCUT2D eigenvalue weighted by Gasteiger charge is -2.18. The lowest BCUT2D eigenvalue weighted by molar-refractivity contribution is -0.167. The minimum atomic E-state index is -0.785. The van der Waals surface area contributed by atoms with Crippen LogP contribution < -0.4 is 0 Å². The van der Waals surface area contributed by atoms with Crippen molar-refractivity contribution >= 4 is 17.9 Å². The fourth-order valence-electron chi connectivity index (χ4n) is 8.31. The summed E-state index contributed by atoms with van der Waals surface area (Å²) in [6.07, 6.45) is 86.6. The second kappa shape index (κ2) is 62.4. The van der Waals surface area contributed by atoms with E-state index in [1.807, 2.05) is 0 Å². The van der Waals surface area contributed by atoms with Gasteiger partial charge in [-0.3, -0.25) is 14.4 Å².